The van der Waals surface area contributed by atoms with Gasteiger partial charge in [0, 0.05) is 18.3 Å². The third-order valence-electron chi connectivity index (χ3n) is 5.72. The lowest BCUT2D eigenvalue weighted by Gasteiger charge is -2.17. The van der Waals surface area contributed by atoms with E-state index in [1.165, 1.54) is 7.05 Å². The number of amides is 3. The Labute approximate surface area is 173 Å². The second-order valence-corrected chi connectivity index (χ2v) is 7.62. The van der Waals surface area contributed by atoms with Gasteiger partial charge in [0.2, 0.25) is 0 Å². The van der Waals surface area contributed by atoms with Gasteiger partial charge in [0.05, 0.1) is 22.4 Å². The number of hydrogen-bond donors (Lipinski definition) is 0. The fourth-order valence-corrected chi connectivity index (χ4v) is 4.10. The number of anilines is 1. The summed E-state index contributed by atoms with van der Waals surface area (Å²) in [7, 11) is 1.48. The number of imide groups is 1. The molecule has 2 heterocycles. The van der Waals surface area contributed by atoms with Gasteiger partial charge in [-0.05, 0) is 53.9 Å². The topological polar surface area (TPSA) is 57.7 Å². The summed E-state index contributed by atoms with van der Waals surface area (Å²) in [5.74, 6) is -0.738. The van der Waals surface area contributed by atoms with Crippen molar-refractivity contribution in [1.82, 2.24) is 4.90 Å². The lowest BCUT2D eigenvalue weighted by molar-refractivity contribution is 0.0692. The van der Waals surface area contributed by atoms with Crippen molar-refractivity contribution in [2.75, 3.05) is 11.9 Å². The molecule has 146 valence electrons. The molecule has 0 fully saturated rings. The average molecular weight is 394 g/mol. The van der Waals surface area contributed by atoms with Crippen molar-refractivity contribution in [2.24, 2.45) is 0 Å². The van der Waals surface area contributed by atoms with E-state index in [4.69, 9.17) is 0 Å². The third kappa shape index (κ3) is 2.45. The zero-order valence-corrected chi connectivity index (χ0v) is 16.6. The highest BCUT2D eigenvalue weighted by Crippen LogP contribution is 2.38. The Morgan fingerprint density at radius 1 is 0.700 bits per heavy atom. The average Bonchev–Trinajstić information content (AvgIpc) is 3.13. The lowest BCUT2D eigenvalue weighted by atomic mass is 9.97. The van der Waals surface area contributed by atoms with Crippen molar-refractivity contribution >= 4 is 29.1 Å². The Kier molecular flexibility index (Phi) is 3.77. The number of nitrogens with zero attached hydrogens (tertiary/aromatic N) is 2. The number of carbonyl (C=O) groups excluding carboxylic acids is 3. The van der Waals surface area contributed by atoms with Crippen LogP contribution in [-0.2, 0) is 0 Å². The lowest BCUT2D eigenvalue weighted by Crippen LogP contribution is -2.24. The van der Waals surface area contributed by atoms with E-state index < -0.39 is 0 Å². The summed E-state index contributed by atoms with van der Waals surface area (Å²) in [5, 5.41) is 0. The predicted octanol–water partition coefficient (Wildman–Crippen LogP) is 4.52. The number of aryl methyl sites for hydroxylation is 1. The molecule has 0 atom stereocenters. The largest absolute Gasteiger partial charge is 0.277 e. The molecule has 5 nitrogen and oxygen atoms in total. The van der Waals surface area contributed by atoms with Crippen molar-refractivity contribution in [2.45, 2.75) is 6.92 Å². The third-order valence-corrected chi connectivity index (χ3v) is 5.72. The SMILES string of the molecule is C=C1c2ccc(-c3ccc4c(c3)C(=O)N(C)C4=O)cc2C(=O)N1c1cccc(C)c1. The van der Waals surface area contributed by atoms with Gasteiger partial charge >= 0.3 is 0 Å². The summed E-state index contributed by atoms with van der Waals surface area (Å²) in [6.45, 7) is 6.11. The maximum absolute atomic E-state index is 13.2. The van der Waals surface area contributed by atoms with Gasteiger partial charge in [0.15, 0.2) is 0 Å². The van der Waals surface area contributed by atoms with Crippen molar-refractivity contribution < 1.29 is 14.4 Å². The van der Waals surface area contributed by atoms with E-state index in [0.29, 0.717) is 22.4 Å². The van der Waals surface area contributed by atoms with Crippen molar-refractivity contribution in [3.63, 3.8) is 0 Å². The van der Waals surface area contributed by atoms with Crippen LogP contribution in [0.25, 0.3) is 16.8 Å². The number of carbonyl (C=O) groups is 3. The minimum atomic E-state index is -0.312. The van der Waals surface area contributed by atoms with E-state index in [2.05, 4.69) is 6.58 Å². The molecule has 0 radical (unpaired) electrons. The molecule has 0 bridgehead atoms. The molecule has 0 unspecified atom stereocenters. The van der Waals surface area contributed by atoms with Gasteiger partial charge in [-0.25, -0.2) is 0 Å². The first-order chi connectivity index (χ1) is 14.4. The molecule has 0 saturated heterocycles. The number of benzene rings is 3. The van der Waals surface area contributed by atoms with Crippen molar-refractivity contribution in [3.05, 3.63) is 95.1 Å². The van der Waals surface area contributed by atoms with E-state index in [1.54, 1.807) is 23.1 Å². The Hall–Kier alpha value is -3.99. The summed E-state index contributed by atoms with van der Waals surface area (Å²) < 4.78 is 0. The first-order valence-electron chi connectivity index (χ1n) is 9.58. The van der Waals surface area contributed by atoms with Crippen LogP contribution in [0.5, 0.6) is 0 Å². The molecule has 2 aliphatic rings. The van der Waals surface area contributed by atoms with Crippen LogP contribution in [-0.4, -0.2) is 29.7 Å². The fourth-order valence-electron chi connectivity index (χ4n) is 4.10. The molecule has 30 heavy (non-hydrogen) atoms. The van der Waals surface area contributed by atoms with Crippen molar-refractivity contribution in [3.8, 4) is 11.1 Å². The Morgan fingerprint density at radius 2 is 1.30 bits per heavy atom. The van der Waals surface area contributed by atoms with Crippen LogP contribution >= 0.6 is 0 Å². The number of fused-ring (bicyclic) bond motifs is 2. The molecule has 5 rings (SSSR count). The van der Waals surface area contributed by atoms with Crippen LogP contribution in [0.3, 0.4) is 0 Å². The second-order valence-electron chi connectivity index (χ2n) is 7.62. The molecular weight excluding hydrogens is 376 g/mol. The van der Waals surface area contributed by atoms with Crippen LogP contribution in [0.2, 0.25) is 0 Å². The van der Waals surface area contributed by atoms with Gasteiger partial charge < -0.3 is 0 Å². The van der Waals surface area contributed by atoms with Crippen LogP contribution in [0.1, 0.15) is 42.2 Å². The first-order valence-corrected chi connectivity index (χ1v) is 9.58. The smallest absolute Gasteiger partial charge is 0.263 e. The normalized spacial score (nSPS) is 15.1. The molecule has 2 aliphatic heterocycles. The van der Waals surface area contributed by atoms with E-state index in [0.717, 1.165) is 32.8 Å². The molecular formula is C25H18N2O3. The number of hydrogen-bond acceptors (Lipinski definition) is 3. The summed E-state index contributed by atoms with van der Waals surface area (Å²) in [6.07, 6.45) is 0. The van der Waals surface area contributed by atoms with Gasteiger partial charge in [-0.2, -0.15) is 0 Å². The monoisotopic (exact) mass is 394 g/mol. The zero-order chi connectivity index (χ0) is 21.2. The first kappa shape index (κ1) is 18.1. The molecule has 0 aromatic heterocycles. The maximum Gasteiger partial charge on any atom is 0.263 e. The van der Waals surface area contributed by atoms with Gasteiger partial charge in [-0.1, -0.05) is 36.9 Å². The van der Waals surface area contributed by atoms with E-state index >= 15 is 0 Å². The molecule has 0 N–H and O–H groups in total. The van der Waals surface area contributed by atoms with Crippen LogP contribution < -0.4 is 4.90 Å². The zero-order valence-electron chi connectivity index (χ0n) is 16.6. The summed E-state index contributed by atoms with van der Waals surface area (Å²) >= 11 is 0. The molecule has 3 aromatic carbocycles. The second kappa shape index (κ2) is 6.26. The highest BCUT2D eigenvalue weighted by molar-refractivity contribution is 6.23. The van der Waals surface area contributed by atoms with Crippen molar-refractivity contribution in [1.29, 1.82) is 0 Å². The fraction of sp³-hybridized carbons (Fsp3) is 0.0800. The van der Waals surface area contributed by atoms with Crippen LogP contribution in [0, 0.1) is 6.92 Å². The Balaban J connectivity index is 1.56. The number of rotatable bonds is 2. The summed E-state index contributed by atoms with van der Waals surface area (Å²) in [4.78, 5) is 40.4. The van der Waals surface area contributed by atoms with Gasteiger partial charge in [0.25, 0.3) is 17.7 Å². The minimum Gasteiger partial charge on any atom is -0.277 e. The van der Waals surface area contributed by atoms with E-state index in [9.17, 15) is 14.4 Å². The molecule has 0 saturated carbocycles. The van der Waals surface area contributed by atoms with Gasteiger partial charge in [0.1, 0.15) is 0 Å². The van der Waals surface area contributed by atoms with Crippen LogP contribution in [0.15, 0.2) is 67.2 Å². The predicted molar refractivity (Wildman–Crippen MR) is 115 cm³/mol. The molecule has 3 aromatic rings. The van der Waals surface area contributed by atoms with Gasteiger partial charge in [-0.15, -0.1) is 0 Å². The molecule has 5 heteroatoms. The summed E-state index contributed by atoms with van der Waals surface area (Å²) in [6, 6.07) is 18.5. The maximum atomic E-state index is 13.2. The van der Waals surface area contributed by atoms with Gasteiger partial charge in [-0.3, -0.25) is 24.2 Å². The van der Waals surface area contributed by atoms with Crippen LogP contribution in [0.4, 0.5) is 5.69 Å². The highest BCUT2D eigenvalue weighted by atomic mass is 16.2. The molecule has 0 aliphatic carbocycles. The summed E-state index contributed by atoms with van der Waals surface area (Å²) in [5.41, 5.74) is 6.22. The quantitative estimate of drug-likeness (QED) is 0.601. The van der Waals surface area contributed by atoms with E-state index in [-0.39, 0.29) is 17.7 Å². The Bertz CT molecular complexity index is 1310. The highest BCUT2D eigenvalue weighted by Gasteiger charge is 2.34. The molecule has 0 spiro atoms. The Morgan fingerprint density at radius 3 is 1.97 bits per heavy atom. The van der Waals surface area contributed by atoms with E-state index in [1.807, 2.05) is 49.4 Å². The molecule has 3 amide bonds. The standard InChI is InChI=1S/C25H18N2O3/c1-14-5-4-6-18(11-14)27-15(2)19-9-7-16(12-21(19)25(27)30)17-8-10-20-22(13-17)24(29)26(3)23(20)28/h4-13H,2H2,1,3H3. The minimum absolute atomic E-state index is 0.130.